The molecule has 1 aromatic rings. The number of aryl methyl sites for hydroxylation is 1. The second kappa shape index (κ2) is 1.04. The molecule has 0 aromatic heterocycles. The van der Waals surface area contributed by atoms with E-state index in [1.165, 1.54) is 16.0 Å². The summed E-state index contributed by atoms with van der Waals surface area (Å²) in [5.74, 6) is 0. The summed E-state index contributed by atoms with van der Waals surface area (Å²) in [5.41, 5.74) is 4.51. The first-order chi connectivity index (χ1) is 3.88. The highest BCUT2D eigenvalue weighted by atomic mass is 14.0. The standard InChI is InChI=1S/C8H6/c1-6-3-2-4-7-5-8(6)7/h2-4H,1H3. The Kier molecular flexibility index (Phi) is 0.513. The van der Waals surface area contributed by atoms with Gasteiger partial charge in [0, 0.05) is 10.4 Å². The van der Waals surface area contributed by atoms with Crippen molar-refractivity contribution in [3.05, 3.63) is 34.2 Å². The second-order valence-corrected chi connectivity index (χ2v) is 2.12. The van der Waals surface area contributed by atoms with Crippen LogP contribution in [0.15, 0.2) is 18.2 Å². The number of hydrogen-bond acceptors (Lipinski definition) is 0. The molecule has 0 amide bonds. The van der Waals surface area contributed by atoms with E-state index in [9.17, 15) is 0 Å². The van der Waals surface area contributed by atoms with Crippen LogP contribution in [0, 0.1) is 6.92 Å². The van der Waals surface area contributed by atoms with Crippen molar-refractivity contribution in [1.29, 1.82) is 0 Å². The molecule has 0 bridgehead atoms. The molecule has 0 radical (unpaired) electrons. The first-order valence-corrected chi connectivity index (χ1v) is 2.74. The molecule has 0 heterocycles. The Balaban J connectivity index is 2.94. The number of rotatable bonds is 0. The van der Waals surface area contributed by atoms with E-state index in [-0.39, 0.29) is 0 Å². The first-order valence-electron chi connectivity index (χ1n) is 2.74. The molecule has 0 unspecified atom stereocenters. The van der Waals surface area contributed by atoms with Gasteiger partial charge in [0.1, 0.15) is 0 Å². The lowest BCUT2D eigenvalue weighted by Gasteiger charge is -1.79. The van der Waals surface area contributed by atoms with Crippen molar-refractivity contribution in [2.75, 3.05) is 0 Å². The lowest BCUT2D eigenvalue weighted by Crippen LogP contribution is -2.08. The van der Waals surface area contributed by atoms with Gasteiger partial charge in [0.05, 0.1) is 0 Å². The normalized spacial score (nSPS) is 11.1. The summed E-state index contributed by atoms with van der Waals surface area (Å²) >= 11 is 0. The molecule has 0 fully saturated rings. The number of fused-ring (bicyclic) bond motifs is 1. The van der Waals surface area contributed by atoms with Crippen molar-refractivity contribution in [2.45, 2.75) is 6.92 Å². The molecule has 1 aliphatic carbocycles. The molecule has 0 saturated heterocycles. The van der Waals surface area contributed by atoms with Gasteiger partial charge in [0.2, 0.25) is 0 Å². The average Bonchev–Trinajstić information content (AvgIpc) is 2.45. The molecule has 0 nitrogen and oxygen atoms in total. The minimum atomic E-state index is 1.30. The largest absolute Gasteiger partial charge is 0.102 e. The molecule has 1 aliphatic rings. The Morgan fingerprint density at radius 3 is 2.88 bits per heavy atom. The Hall–Kier alpha value is -1.00. The third-order valence-electron chi connectivity index (χ3n) is 1.47. The average molecular weight is 102 g/mol. The molecule has 8 heavy (non-hydrogen) atoms. The predicted molar refractivity (Wildman–Crippen MR) is 32.9 cm³/mol. The molecule has 0 atom stereocenters. The van der Waals surface area contributed by atoms with Crippen molar-refractivity contribution in [3.63, 3.8) is 0 Å². The van der Waals surface area contributed by atoms with E-state index in [4.69, 9.17) is 0 Å². The smallest absolute Gasteiger partial charge is 0.0351 e. The van der Waals surface area contributed by atoms with Gasteiger partial charge in [-0.3, -0.25) is 0 Å². The van der Waals surface area contributed by atoms with Crippen LogP contribution in [0.5, 0.6) is 0 Å². The van der Waals surface area contributed by atoms with Crippen LogP contribution in [0.3, 0.4) is 0 Å². The van der Waals surface area contributed by atoms with Gasteiger partial charge in [-0.1, -0.05) is 12.1 Å². The van der Waals surface area contributed by atoms with E-state index in [1.807, 2.05) is 0 Å². The summed E-state index contributed by atoms with van der Waals surface area (Å²) in [6, 6.07) is 6.26. The van der Waals surface area contributed by atoms with Gasteiger partial charge in [-0.2, -0.15) is 0 Å². The zero-order valence-corrected chi connectivity index (χ0v) is 4.73. The Bertz CT molecular complexity index is 341. The fourth-order valence-electron chi connectivity index (χ4n) is 0.911. The molecule has 0 heteroatoms. The van der Waals surface area contributed by atoms with Gasteiger partial charge in [-0.25, -0.2) is 0 Å². The van der Waals surface area contributed by atoms with Crippen LogP contribution in [-0.4, -0.2) is 0 Å². The van der Waals surface area contributed by atoms with E-state index in [0.717, 1.165) is 0 Å². The van der Waals surface area contributed by atoms with Gasteiger partial charge in [0.25, 0.3) is 0 Å². The van der Waals surface area contributed by atoms with Crippen molar-refractivity contribution < 1.29 is 0 Å². The summed E-state index contributed by atoms with van der Waals surface area (Å²) in [7, 11) is 0. The van der Waals surface area contributed by atoms with Crippen molar-refractivity contribution >= 4 is 5.73 Å². The summed E-state index contributed by atoms with van der Waals surface area (Å²) in [6.45, 7) is 2.11. The maximum Gasteiger partial charge on any atom is 0.0351 e. The van der Waals surface area contributed by atoms with Gasteiger partial charge in [-0.05, 0) is 18.6 Å². The van der Waals surface area contributed by atoms with E-state index in [2.05, 4.69) is 30.9 Å². The number of hydrogen-bond donors (Lipinski definition) is 0. The van der Waals surface area contributed by atoms with Crippen LogP contribution in [0.2, 0.25) is 0 Å². The summed E-state index contributed by atoms with van der Waals surface area (Å²) < 4.78 is 0. The molecular formula is C8H6. The maximum atomic E-state index is 3.16. The van der Waals surface area contributed by atoms with E-state index in [0.29, 0.717) is 0 Å². The Labute approximate surface area is 47.8 Å². The molecule has 1 aromatic carbocycles. The first kappa shape index (κ1) is 3.94. The summed E-state index contributed by atoms with van der Waals surface area (Å²) in [6.07, 6.45) is 0. The highest BCUT2D eigenvalue weighted by Gasteiger charge is 1.94. The fourth-order valence-corrected chi connectivity index (χ4v) is 0.911. The van der Waals surface area contributed by atoms with E-state index in [1.54, 1.807) is 0 Å². The maximum absolute atomic E-state index is 3.16. The SMILES string of the molecule is Cc1cccc2c1=C=2. The van der Waals surface area contributed by atoms with Crippen molar-refractivity contribution in [3.8, 4) is 0 Å². The minimum Gasteiger partial charge on any atom is -0.102 e. The quantitative estimate of drug-likeness (QED) is 0.441. The van der Waals surface area contributed by atoms with Crippen LogP contribution in [-0.2, 0) is 0 Å². The topological polar surface area (TPSA) is 0 Å². The van der Waals surface area contributed by atoms with E-state index >= 15 is 0 Å². The molecule has 0 spiro atoms. The Morgan fingerprint density at radius 2 is 2.25 bits per heavy atom. The lowest BCUT2D eigenvalue weighted by atomic mass is 10.2. The van der Waals surface area contributed by atoms with Crippen LogP contribution in [0.1, 0.15) is 5.56 Å². The van der Waals surface area contributed by atoms with E-state index < -0.39 is 0 Å². The summed E-state index contributed by atoms with van der Waals surface area (Å²) in [5, 5.41) is 2.62. The zero-order chi connectivity index (χ0) is 5.56. The monoisotopic (exact) mass is 102 g/mol. The van der Waals surface area contributed by atoms with Gasteiger partial charge < -0.3 is 0 Å². The summed E-state index contributed by atoms with van der Waals surface area (Å²) in [4.78, 5) is 0. The molecule has 0 saturated carbocycles. The third-order valence-corrected chi connectivity index (χ3v) is 1.47. The van der Waals surface area contributed by atoms with Crippen molar-refractivity contribution in [1.82, 2.24) is 0 Å². The van der Waals surface area contributed by atoms with Gasteiger partial charge >= 0.3 is 0 Å². The van der Waals surface area contributed by atoms with Crippen LogP contribution >= 0.6 is 0 Å². The minimum absolute atomic E-state index is 1.30. The predicted octanol–water partition coefficient (Wildman–Crippen LogP) is 0.0596. The molecule has 2 rings (SSSR count). The molecule has 0 aliphatic heterocycles. The molecule has 38 valence electrons. The third kappa shape index (κ3) is 0.356. The molecular weight excluding hydrogens is 96.1 g/mol. The second-order valence-electron chi connectivity index (χ2n) is 2.12. The zero-order valence-electron chi connectivity index (χ0n) is 4.73. The van der Waals surface area contributed by atoms with Gasteiger partial charge in [-0.15, -0.1) is 5.73 Å². The van der Waals surface area contributed by atoms with Crippen LogP contribution < -0.4 is 10.4 Å². The lowest BCUT2D eigenvalue weighted by molar-refractivity contribution is 1.43. The fraction of sp³-hybridized carbons (Fsp3) is 0.125. The number of benzene rings is 1. The van der Waals surface area contributed by atoms with Crippen LogP contribution in [0.4, 0.5) is 0 Å². The van der Waals surface area contributed by atoms with Crippen LogP contribution in [0.25, 0.3) is 5.73 Å². The highest BCUT2D eigenvalue weighted by molar-refractivity contribution is 5.41. The molecule has 0 N–H and O–H groups in total. The van der Waals surface area contributed by atoms with Crippen molar-refractivity contribution in [2.24, 2.45) is 0 Å². The highest BCUT2D eigenvalue weighted by Crippen LogP contribution is 1.84. The van der Waals surface area contributed by atoms with Gasteiger partial charge in [0.15, 0.2) is 0 Å². The Morgan fingerprint density at radius 1 is 1.38 bits per heavy atom.